The minimum Gasteiger partial charge on any atom is -0.491 e. The Labute approximate surface area is 124 Å². The third-order valence-electron chi connectivity index (χ3n) is 3.42. The van der Waals surface area contributed by atoms with Gasteiger partial charge < -0.3 is 14.2 Å². The number of hydrogen-bond donors (Lipinski definition) is 0. The van der Waals surface area contributed by atoms with Gasteiger partial charge in [-0.2, -0.15) is 0 Å². The lowest BCUT2D eigenvalue weighted by Crippen LogP contribution is -2.24. The van der Waals surface area contributed by atoms with Gasteiger partial charge >= 0.3 is 0 Å². The van der Waals surface area contributed by atoms with Crippen LogP contribution in [-0.2, 0) is 15.9 Å². The van der Waals surface area contributed by atoms with Gasteiger partial charge in [-0.15, -0.1) is 0 Å². The van der Waals surface area contributed by atoms with Gasteiger partial charge in [0.15, 0.2) is 6.29 Å². The number of rotatable bonds is 7. The summed E-state index contributed by atoms with van der Waals surface area (Å²) in [4.78, 5) is 10.4. The minimum atomic E-state index is -0.396. The molecule has 6 heteroatoms. The van der Waals surface area contributed by atoms with E-state index in [1.54, 1.807) is 12.1 Å². The van der Waals surface area contributed by atoms with Gasteiger partial charge in [0.05, 0.1) is 11.5 Å². The number of nitrogens with zero attached hydrogens (tertiary/aromatic N) is 1. The van der Waals surface area contributed by atoms with Crippen molar-refractivity contribution in [1.29, 1.82) is 0 Å². The molecule has 6 nitrogen and oxygen atoms in total. The summed E-state index contributed by atoms with van der Waals surface area (Å²) in [7, 11) is 0. The van der Waals surface area contributed by atoms with E-state index in [1.807, 2.05) is 6.92 Å². The van der Waals surface area contributed by atoms with Crippen LogP contribution in [0.4, 0.5) is 5.69 Å². The van der Waals surface area contributed by atoms with Crippen LogP contribution >= 0.6 is 0 Å². The van der Waals surface area contributed by atoms with Crippen molar-refractivity contribution in [1.82, 2.24) is 0 Å². The van der Waals surface area contributed by atoms with Crippen LogP contribution in [0.3, 0.4) is 0 Å². The zero-order valence-electron chi connectivity index (χ0n) is 12.2. The molecule has 116 valence electrons. The zero-order chi connectivity index (χ0) is 15.1. The molecule has 0 spiro atoms. The van der Waals surface area contributed by atoms with Crippen molar-refractivity contribution in [2.24, 2.45) is 0 Å². The van der Waals surface area contributed by atoms with Crippen molar-refractivity contribution in [3.63, 3.8) is 0 Å². The van der Waals surface area contributed by atoms with E-state index in [2.05, 4.69) is 0 Å². The van der Waals surface area contributed by atoms with Crippen LogP contribution in [0, 0.1) is 10.1 Å². The molecule has 0 bridgehead atoms. The molecule has 0 saturated carbocycles. The average Bonchev–Trinajstić information content (AvgIpc) is 2.52. The molecule has 21 heavy (non-hydrogen) atoms. The molecule has 1 atom stereocenters. The lowest BCUT2D eigenvalue weighted by atomic mass is 10.1. The lowest BCUT2D eigenvalue weighted by molar-refractivity contribution is -0.384. The largest absolute Gasteiger partial charge is 0.491 e. The van der Waals surface area contributed by atoms with E-state index in [-0.39, 0.29) is 12.0 Å². The highest BCUT2D eigenvalue weighted by Gasteiger charge is 2.14. The Bertz CT molecular complexity index is 471. The summed E-state index contributed by atoms with van der Waals surface area (Å²) in [6.45, 7) is 3.56. The Morgan fingerprint density at radius 2 is 2.24 bits per heavy atom. The molecule has 2 rings (SSSR count). The maximum Gasteiger partial charge on any atom is 0.269 e. The first kappa shape index (κ1) is 15.7. The molecular weight excluding hydrogens is 274 g/mol. The van der Waals surface area contributed by atoms with Gasteiger partial charge in [0.25, 0.3) is 5.69 Å². The Balaban J connectivity index is 1.80. The molecule has 0 radical (unpaired) electrons. The van der Waals surface area contributed by atoms with E-state index >= 15 is 0 Å². The number of hydrogen-bond acceptors (Lipinski definition) is 5. The van der Waals surface area contributed by atoms with Crippen LogP contribution < -0.4 is 4.74 Å². The van der Waals surface area contributed by atoms with E-state index in [1.165, 1.54) is 6.07 Å². The Morgan fingerprint density at radius 3 is 2.90 bits per heavy atom. The number of non-ortho nitro benzene ring substituents is 1. The lowest BCUT2D eigenvalue weighted by Gasteiger charge is -2.22. The summed E-state index contributed by atoms with van der Waals surface area (Å²) in [5, 5.41) is 10.7. The molecule has 1 aliphatic heterocycles. The summed E-state index contributed by atoms with van der Waals surface area (Å²) in [5.74, 6) is 0.677. The number of benzene rings is 1. The fourth-order valence-electron chi connectivity index (χ4n) is 2.27. The topological polar surface area (TPSA) is 70.8 Å². The van der Waals surface area contributed by atoms with Crippen molar-refractivity contribution in [3.05, 3.63) is 33.9 Å². The Morgan fingerprint density at radius 1 is 1.38 bits per heavy atom. The first-order chi connectivity index (χ1) is 10.2. The standard InChI is InChI=1S/C15H21NO5/c1-2-12-11-13(16(17)18)6-7-14(12)19-9-10-21-15-5-3-4-8-20-15/h6-7,11,15H,2-5,8-10H2,1H3. The van der Waals surface area contributed by atoms with Crippen LogP contribution in [0.25, 0.3) is 0 Å². The van der Waals surface area contributed by atoms with E-state index in [4.69, 9.17) is 14.2 Å². The molecule has 0 aliphatic carbocycles. The number of nitro benzene ring substituents is 1. The quantitative estimate of drug-likeness (QED) is 0.439. The van der Waals surface area contributed by atoms with Crippen molar-refractivity contribution in [2.45, 2.75) is 38.9 Å². The van der Waals surface area contributed by atoms with E-state index in [9.17, 15) is 10.1 Å². The van der Waals surface area contributed by atoms with Gasteiger partial charge in [-0.05, 0) is 31.7 Å². The fourth-order valence-corrected chi connectivity index (χ4v) is 2.27. The SMILES string of the molecule is CCc1cc([N+](=O)[O-])ccc1OCCOC1CCCCO1. The number of aryl methyl sites for hydroxylation is 1. The highest BCUT2D eigenvalue weighted by Crippen LogP contribution is 2.24. The smallest absolute Gasteiger partial charge is 0.269 e. The van der Waals surface area contributed by atoms with E-state index < -0.39 is 4.92 Å². The minimum absolute atomic E-state index is 0.0889. The van der Waals surface area contributed by atoms with Crippen molar-refractivity contribution in [2.75, 3.05) is 19.8 Å². The van der Waals surface area contributed by atoms with Gasteiger partial charge in [-0.25, -0.2) is 0 Å². The molecule has 0 aromatic heterocycles. The molecule has 1 heterocycles. The molecule has 1 aromatic rings. The van der Waals surface area contributed by atoms with E-state index in [0.717, 1.165) is 31.4 Å². The normalized spacial score (nSPS) is 18.4. The summed E-state index contributed by atoms with van der Waals surface area (Å²) in [6, 6.07) is 4.66. The third kappa shape index (κ3) is 4.68. The predicted octanol–water partition coefficient (Wildman–Crippen LogP) is 3.08. The zero-order valence-corrected chi connectivity index (χ0v) is 12.2. The molecule has 1 unspecified atom stereocenters. The maximum absolute atomic E-state index is 10.7. The molecular formula is C15H21NO5. The monoisotopic (exact) mass is 295 g/mol. The first-order valence-electron chi connectivity index (χ1n) is 7.34. The predicted molar refractivity (Wildman–Crippen MR) is 77.5 cm³/mol. The van der Waals surface area contributed by atoms with Crippen molar-refractivity contribution < 1.29 is 19.1 Å². The number of nitro groups is 1. The van der Waals surface area contributed by atoms with Gasteiger partial charge in [0.1, 0.15) is 12.4 Å². The fraction of sp³-hybridized carbons (Fsp3) is 0.600. The first-order valence-corrected chi connectivity index (χ1v) is 7.34. The summed E-state index contributed by atoms with van der Waals surface area (Å²) < 4.78 is 16.7. The van der Waals surface area contributed by atoms with Crippen LogP contribution in [0.2, 0.25) is 0 Å². The molecule has 0 amide bonds. The Kier molecular flexibility index (Phi) is 5.95. The van der Waals surface area contributed by atoms with Crippen LogP contribution in [-0.4, -0.2) is 31.0 Å². The highest BCUT2D eigenvalue weighted by molar-refractivity contribution is 5.43. The highest BCUT2D eigenvalue weighted by atomic mass is 16.7. The summed E-state index contributed by atoms with van der Waals surface area (Å²) in [5.41, 5.74) is 0.921. The number of ether oxygens (including phenoxy) is 3. The van der Waals surface area contributed by atoms with Crippen molar-refractivity contribution >= 4 is 5.69 Å². The average molecular weight is 295 g/mol. The molecule has 1 fully saturated rings. The van der Waals surface area contributed by atoms with Gasteiger partial charge in [0.2, 0.25) is 0 Å². The second-order valence-corrected chi connectivity index (χ2v) is 4.92. The molecule has 1 saturated heterocycles. The van der Waals surface area contributed by atoms with Gasteiger partial charge in [-0.1, -0.05) is 6.92 Å². The molecule has 0 N–H and O–H groups in total. The third-order valence-corrected chi connectivity index (χ3v) is 3.42. The van der Waals surface area contributed by atoms with E-state index in [0.29, 0.717) is 25.4 Å². The second kappa shape index (κ2) is 7.95. The second-order valence-electron chi connectivity index (χ2n) is 4.92. The Hall–Kier alpha value is -1.66. The van der Waals surface area contributed by atoms with Crippen LogP contribution in [0.15, 0.2) is 18.2 Å². The summed E-state index contributed by atoms with van der Waals surface area (Å²) in [6.07, 6.45) is 3.72. The summed E-state index contributed by atoms with van der Waals surface area (Å²) >= 11 is 0. The maximum atomic E-state index is 10.7. The molecule has 1 aromatic carbocycles. The van der Waals surface area contributed by atoms with Crippen LogP contribution in [0.5, 0.6) is 5.75 Å². The van der Waals surface area contributed by atoms with Gasteiger partial charge in [-0.3, -0.25) is 10.1 Å². The van der Waals surface area contributed by atoms with Gasteiger partial charge in [0, 0.05) is 24.3 Å². The molecule has 1 aliphatic rings. The van der Waals surface area contributed by atoms with Crippen molar-refractivity contribution in [3.8, 4) is 5.75 Å². The van der Waals surface area contributed by atoms with Crippen LogP contribution in [0.1, 0.15) is 31.7 Å².